The molecule has 5 nitrogen and oxygen atoms in total. The van der Waals surface area contributed by atoms with Crippen molar-refractivity contribution in [2.24, 2.45) is 0 Å². The first kappa shape index (κ1) is 14.0. The van der Waals surface area contributed by atoms with Crippen molar-refractivity contribution in [2.45, 2.75) is 6.04 Å². The van der Waals surface area contributed by atoms with Gasteiger partial charge in [0.25, 0.3) is 0 Å². The van der Waals surface area contributed by atoms with Gasteiger partial charge in [-0.2, -0.15) is 5.26 Å². The Bertz CT molecular complexity index is 807. The van der Waals surface area contributed by atoms with Crippen molar-refractivity contribution in [1.29, 1.82) is 5.26 Å². The molecule has 0 saturated carbocycles. The van der Waals surface area contributed by atoms with Crippen LogP contribution in [-0.2, 0) is 0 Å². The molecule has 2 aliphatic heterocycles. The lowest BCUT2D eigenvalue weighted by Gasteiger charge is -2.47. The molecule has 0 radical (unpaired) electrons. The van der Waals surface area contributed by atoms with Crippen molar-refractivity contribution in [1.82, 2.24) is 15.2 Å². The van der Waals surface area contributed by atoms with Crippen LogP contribution < -0.4 is 10.2 Å². The molecule has 1 N–H and O–H groups in total. The van der Waals surface area contributed by atoms with E-state index in [0.29, 0.717) is 11.6 Å². The number of hydrogen-bond acceptors (Lipinski definition) is 5. The minimum Gasteiger partial charge on any atom is -0.367 e. The average molecular weight is 305 g/mol. The van der Waals surface area contributed by atoms with Crippen LogP contribution in [0.5, 0.6) is 0 Å². The molecule has 2 aliphatic rings. The lowest BCUT2D eigenvalue weighted by molar-refractivity contribution is 0.190. The Hall–Kier alpha value is -2.58. The summed E-state index contributed by atoms with van der Waals surface area (Å²) >= 11 is 0. The van der Waals surface area contributed by atoms with E-state index in [1.54, 1.807) is 6.20 Å². The highest BCUT2D eigenvalue weighted by Gasteiger charge is 2.31. The first-order valence-electron chi connectivity index (χ1n) is 7.96. The molecule has 0 aliphatic carbocycles. The van der Waals surface area contributed by atoms with Gasteiger partial charge in [-0.1, -0.05) is 6.58 Å². The van der Waals surface area contributed by atoms with Crippen LogP contribution in [0, 0.1) is 11.3 Å². The van der Waals surface area contributed by atoms with E-state index in [2.05, 4.69) is 32.7 Å². The third kappa shape index (κ3) is 2.32. The molecule has 4 rings (SSSR count). The van der Waals surface area contributed by atoms with E-state index in [0.717, 1.165) is 49.3 Å². The van der Waals surface area contributed by atoms with Crippen LogP contribution in [0.1, 0.15) is 5.56 Å². The van der Waals surface area contributed by atoms with E-state index in [1.165, 1.54) is 5.70 Å². The van der Waals surface area contributed by atoms with Gasteiger partial charge < -0.3 is 15.1 Å². The minimum atomic E-state index is 0.451. The van der Waals surface area contributed by atoms with Crippen LogP contribution >= 0.6 is 0 Å². The van der Waals surface area contributed by atoms with E-state index in [9.17, 15) is 5.26 Å². The second-order valence-corrected chi connectivity index (χ2v) is 6.14. The fourth-order valence-electron chi connectivity index (χ4n) is 3.68. The number of nitrogens with one attached hydrogen (secondary N) is 1. The number of fused-ring (bicyclic) bond motifs is 2. The molecular weight excluding hydrogens is 286 g/mol. The molecule has 1 aromatic heterocycles. The number of rotatable bonds is 1. The van der Waals surface area contributed by atoms with Crippen LogP contribution in [0.15, 0.2) is 42.7 Å². The number of aromatic nitrogens is 1. The Morgan fingerprint density at radius 1 is 1.35 bits per heavy atom. The highest BCUT2D eigenvalue weighted by molar-refractivity contribution is 5.95. The highest BCUT2D eigenvalue weighted by atomic mass is 15.3. The van der Waals surface area contributed by atoms with E-state index >= 15 is 0 Å². The fourth-order valence-corrected chi connectivity index (χ4v) is 3.68. The summed E-state index contributed by atoms with van der Waals surface area (Å²) in [6, 6.07) is 10.6. The fraction of sp³-hybridized carbons (Fsp3) is 0.333. The van der Waals surface area contributed by atoms with E-state index in [4.69, 9.17) is 0 Å². The summed E-state index contributed by atoms with van der Waals surface area (Å²) in [6.45, 7) is 9.11. The highest BCUT2D eigenvalue weighted by Crippen LogP contribution is 2.31. The predicted octanol–water partition coefficient (Wildman–Crippen LogP) is 1.71. The summed E-state index contributed by atoms with van der Waals surface area (Å²) < 4.78 is 0. The molecule has 5 heteroatoms. The molecule has 0 bridgehead atoms. The van der Waals surface area contributed by atoms with Crippen molar-refractivity contribution < 1.29 is 0 Å². The number of benzene rings is 1. The average Bonchev–Trinajstić information content (AvgIpc) is 2.60. The zero-order chi connectivity index (χ0) is 15.8. The number of anilines is 1. The van der Waals surface area contributed by atoms with Crippen molar-refractivity contribution >= 4 is 16.6 Å². The van der Waals surface area contributed by atoms with Crippen molar-refractivity contribution in [3.8, 4) is 6.07 Å². The van der Waals surface area contributed by atoms with Crippen LogP contribution in [0.3, 0.4) is 0 Å². The van der Waals surface area contributed by atoms with Gasteiger partial charge in [0.1, 0.15) is 6.07 Å². The molecule has 3 heterocycles. The van der Waals surface area contributed by atoms with Crippen LogP contribution in [0.4, 0.5) is 5.69 Å². The monoisotopic (exact) mass is 305 g/mol. The Morgan fingerprint density at radius 3 is 3.13 bits per heavy atom. The summed E-state index contributed by atoms with van der Waals surface area (Å²) in [6.07, 6.45) is 1.74. The van der Waals surface area contributed by atoms with Crippen LogP contribution in [0.2, 0.25) is 0 Å². The largest absolute Gasteiger partial charge is 0.367 e. The van der Waals surface area contributed by atoms with Crippen LogP contribution in [-0.4, -0.2) is 48.6 Å². The first-order valence-corrected chi connectivity index (χ1v) is 7.96. The first-order chi connectivity index (χ1) is 11.3. The molecule has 1 aromatic carbocycles. The van der Waals surface area contributed by atoms with Gasteiger partial charge in [-0.15, -0.1) is 0 Å². The molecule has 2 aromatic rings. The zero-order valence-corrected chi connectivity index (χ0v) is 13.0. The summed E-state index contributed by atoms with van der Waals surface area (Å²) in [5.74, 6) is 0. The third-order valence-corrected chi connectivity index (χ3v) is 4.77. The second-order valence-electron chi connectivity index (χ2n) is 6.14. The third-order valence-electron chi connectivity index (χ3n) is 4.77. The van der Waals surface area contributed by atoms with Gasteiger partial charge in [0.2, 0.25) is 0 Å². The van der Waals surface area contributed by atoms with E-state index < -0.39 is 0 Å². The predicted molar refractivity (Wildman–Crippen MR) is 91.2 cm³/mol. The van der Waals surface area contributed by atoms with Gasteiger partial charge in [0, 0.05) is 49.1 Å². The molecule has 0 amide bonds. The molecule has 0 spiro atoms. The Balaban J connectivity index is 1.75. The maximum absolute atomic E-state index is 9.30. The maximum atomic E-state index is 9.30. The molecule has 23 heavy (non-hydrogen) atoms. The lowest BCUT2D eigenvalue weighted by atomic mass is 10.0. The molecule has 2 fully saturated rings. The van der Waals surface area contributed by atoms with Crippen molar-refractivity contribution in [3.05, 3.63) is 48.3 Å². The number of nitrogens with zero attached hydrogens (tertiary/aromatic N) is 4. The maximum Gasteiger partial charge on any atom is 0.101 e. The van der Waals surface area contributed by atoms with Crippen LogP contribution in [0.25, 0.3) is 10.9 Å². The summed E-state index contributed by atoms with van der Waals surface area (Å²) in [5.41, 5.74) is 3.71. The van der Waals surface area contributed by atoms with Crippen molar-refractivity contribution in [2.75, 3.05) is 37.6 Å². The molecule has 1 atom stereocenters. The van der Waals surface area contributed by atoms with Gasteiger partial charge >= 0.3 is 0 Å². The zero-order valence-electron chi connectivity index (χ0n) is 13.0. The quantitative estimate of drug-likeness (QED) is 0.869. The van der Waals surface area contributed by atoms with Gasteiger partial charge in [0.15, 0.2) is 0 Å². The van der Waals surface area contributed by atoms with Gasteiger partial charge in [-0.3, -0.25) is 4.98 Å². The molecular formula is C18H19N5. The number of hydrogen-bond donors (Lipinski definition) is 1. The standard InChI is InChI=1S/C18H19N5/c1-13-11-22(12-15-10-20-7-8-23(13)15)17-5-4-14(9-19)18-16(17)3-2-6-21-18/h2-6,15,20H,1,7-8,10-12H2/t15-/m1/s1. The summed E-state index contributed by atoms with van der Waals surface area (Å²) in [5, 5.41) is 13.8. The van der Waals surface area contributed by atoms with Gasteiger partial charge in [-0.05, 0) is 24.3 Å². The topological polar surface area (TPSA) is 55.2 Å². The smallest absolute Gasteiger partial charge is 0.101 e. The SMILES string of the molecule is C=C1CN(c2ccc(C#N)c3ncccc23)C[C@H]2CNCCN12. The number of nitriles is 1. The lowest BCUT2D eigenvalue weighted by Crippen LogP contribution is -2.60. The molecule has 116 valence electrons. The minimum absolute atomic E-state index is 0.451. The van der Waals surface area contributed by atoms with E-state index in [-0.39, 0.29) is 0 Å². The Labute approximate surface area is 135 Å². The second kappa shape index (κ2) is 5.56. The molecule has 0 unspecified atom stereocenters. The van der Waals surface area contributed by atoms with Gasteiger partial charge in [-0.25, -0.2) is 0 Å². The van der Waals surface area contributed by atoms with E-state index in [1.807, 2.05) is 24.3 Å². The summed E-state index contributed by atoms with van der Waals surface area (Å²) in [7, 11) is 0. The van der Waals surface area contributed by atoms with Gasteiger partial charge in [0.05, 0.1) is 23.7 Å². The number of pyridine rings is 1. The summed E-state index contributed by atoms with van der Waals surface area (Å²) in [4.78, 5) is 9.20. The Morgan fingerprint density at radius 2 is 2.26 bits per heavy atom. The normalized spacial score (nSPS) is 21.2. The Kier molecular flexibility index (Phi) is 3.40. The number of piperazine rings is 2. The van der Waals surface area contributed by atoms with Crippen molar-refractivity contribution in [3.63, 3.8) is 0 Å². The molecule has 2 saturated heterocycles.